The highest BCUT2D eigenvalue weighted by Crippen LogP contribution is 2.14. The number of rotatable bonds is 10. The molecule has 0 saturated carbocycles. The summed E-state index contributed by atoms with van der Waals surface area (Å²) in [5.74, 6) is 2.14. The molecule has 6 nitrogen and oxygen atoms in total. The van der Waals surface area contributed by atoms with Gasteiger partial charge >= 0.3 is 0 Å². The van der Waals surface area contributed by atoms with Crippen molar-refractivity contribution in [1.29, 1.82) is 0 Å². The molecule has 0 aromatic carbocycles. The van der Waals surface area contributed by atoms with Crippen LogP contribution in [0.4, 0.5) is 0 Å². The van der Waals surface area contributed by atoms with E-state index in [4.69, 9.17) is 19.7 Å². The Morgan fingerprint density at radius 1 is 1.39 bits per heavy atom. The van der Waals surface area contributed by atoms with Crippen LogP contribution in [0.25, 0.3) is 0 Å². The second-order valence-electron chi connectivity index (χ2n) is 3.79. The molecule has 0 bridgehead atoms. The lowest BCUT2D eigenvalue weighted by Gasteiger charge is -2.03. The number of aromatic nitrogens is 2. The molecule has 7 heteroatoms. The smallest absolute Gasteiger partial charge is 0.243 e. The average molecular weight is 275 g/mol. The lowest BCUT2D eigenvalue weighted by Crippen LogP contribution is -2.12. The van der Waals surface area contributed by atoms with Crippen molar-refractivity contribution in [3.8, 4) is 0 Å². The van der Waals surface area contributed by atoms with Crippen molar-refractivity contribution in [1.82, 2.24) is 10.1 Å². The summed E-state index contributed by atoms with van der Waals surface area (Å²) >= 11 is 1.75. The van der Waals surface area contributed by atoms with E-state index in [0.717, 1.165) is 12.2 Å². The van der Waals surface area contributed by atoms with E-state index in [2.05, 4.69) is 10.1 Å². The van der Waals surface area contributed by atoms with Gasteiger partial charge in [-0.15, -0.1) is 0 Å². The van der Waals surface area contributed by atoms with Crippen LogP contribution in [0.2, 0.25) is 0 Å². The van der Waals surface area contributed by atoms with Crippen molar-refractivity contribution in [2.45, 2.75) is 18.9 Å². The lowest BCUT2D eigenvalue weighted by molar-refractivity contribution is 0.0714. The fourth-order valence-electron chi connectivity index (χ4n) is 1.30. The van der Waals surface area contributed by atoms with Gasteiger partial charge in [-0.05, 0) is 18.4 Å². The van der Waals surface area contributed by atoms with Crippen LogP contribution < -0.4 is 5.73 Å². The number of nitrogens with two attached hydrogens (primary N) is 1. The van der Waals surface area contributed by atoms with Gasteiger partial charge in [0.25, 0.3) is 0 Å². The largest absolute Gasteiger partial charge is 0.382 e. The Balaban J connectivity index is 2.25. The molecular formula is C11H21N3O3S. The Morgan fingerprint density at radius 3 is 2.94 bits per heavy atom. The lowest BCUT2D eigenvalue weighted by atomic mass is 10.2. The quantitative estimate of drug-likeness (QED) is 0.638. The van der Waals surface area contributed by atoms with E-state index in [-0.39, 0.29) is 6.04 Å². The van der Waals surface area contributed by atoms with Crippen LogP contribution in [0.1, 0.15) is 24.2 Å². The van der Waals surface area contributed by atoms with Gasteiger partial charge in [-0.3, -0.25) is 0 Å². The molecule has 104 valence electrons. The number of ether oxygens (including phenoxy) is 2. The normalized spacial score (nSPS) is 12.8. The number of methoxy groups -OCH3 is 1. The third-order valence-corrected chi connectivity index (χ3v) is 2.98. The fraction of sp³-hybridized carbons (Fsp3) is 0.818. The summed E-state index contributed by atoms with van der Waals surface area (Å²) < 4.78 is 15.3. The molecule has 0 amide bonds. The van der Waals surface area contributed by atoms with Crippen molar-refractivity contribution < 1.29 is 14.0 Å². The molecule has 0 aliphatic rings. The number of hydrogen-bond donors (Lipinski definition) is 1. The molecule has 0 aliphatic carbocycles. The topological polar surface area (TPSA) is 83.4 Å². The summed E-state index contributed by atoms with van der Waals surface area (Å²) in [5.41, 5.74) is 5.93. The summed E-state index contributed by atoms with van der Waals surface area (Å²) in [6.07, 6.45) is 3.51. The van der Waals surface area contributed by atoms with Gasteiger partial charge in [0.15, 0.2) is 5.82 Å². The SMILES string of the molecule is COCCOCCc1noc([C@H](N)CCSC)n1. The molecule has 0 spiro atoms. The summed E-state index contributed by atoms with van der Waals surface area (Å²) in [6.45, 7) is 1.73. The first-order chi connectivity index (χ1) is 8.77. The zero-order valence-electron chi connectivity index (χ0n) is 10.9. The summed E-state index contributed by atoms with van der Waals surface area (Å²) in [7, 11) is 1.64. The van der Waals surface area contributed by atoms with Crippen molar-refractivity contribution in [2.75, 3.05) is 38.9 Å². The van der Waals surface area contributed by atoms with Crippen LogP contribution in [-0.2, 0) is 15.9 Å². The van der Waals surface area contributed by atoms with E-state index >= 15 is 0 Å². The fourth-order valence-corrected chi connectivity index (χ4v) is 1.79. The predicted octanol–water partition coefficient (Wildman–Crippen LogP) is 1.03. The molecule has 0 saturated heterocycles. The minimum Gasteiger partial charge on any atom is -0.382 e. The van der Waals surface area contributed by atoms with Gasteiger partial charge in [0, 0.05) is 13.5 Å². The van der Waals surface area contributed by atoms with E-state index in [1.807, 2.05) is 6.26 Å². The Labute approximate surface area is 112 Å². The Kier molecular flexibility index (Phi) is 7.99. The molecule has 1 rings (SSSR count). The van der Waals surface area contributed by atoms with E-state index in [9.17, 15) is 0 Å². The van der Waals surface area contributed by atoms with Crippen molar-refractivity contribution >= 4 is 11.8 Å². The Bertz CT molecular complexity index is 322. The molecule has 1 heterocycles. The maximum Gasteiger partial charge on any atom is 0.243 e. The first-order valence-electron chi connectivity index (χ1n) is 5.91. The monoisotopic (exact) mass is 275 g/mol. The van der Waals surface area contributed by atoms with Gasteiger partial charge in [0.1, 0.15) is 0 Å². The van der Waals surface area contributed by atoms with Crippen molar-refractivity contribution in [2.24, 2.45) is 5.73 Å². The molecule has 0 fully saturated rings. The standard InChI is InChI=1S/C11H21N3O3S/c1-15-6-7-16-5-3-10-13-11(17-14-10)9(12)4-8-18-2/h9H,3-8,12H2,1-2H3/t9-/m1/s1. The first kappa shape index (κ1) is 15.4. The second-order valence-corrected chi connectivity index (χ2v) is 4.78. The zero-order chi connectivity index (χ0) is 13.2. The van der Waals surface area contributed by atoms with Gasteiger partial charge in [0.05, 0.1) is 25.9 Å². The third kappa shape index (κ3) is 5.81. The van der Waals surface area contributed by atoms with E-state index in [1.54, 1.807) is 18.9 Å². The first-order valence-corrected chi connectivity index (χ1v) is 7.31. The molecule has 1 aromatic rings. The summed E-state index contributed by atoms with van der Waals surface area (Å²) in [6, 6.07) is -0.173. The average Bonchev–Trinajstić information content (AvgIpc) is 2.84. The van der Waals surface area contributed by atoms with E-state index < -0.39 is 0 Å². The Hall–Kier alpha value is -0.630. The van der Waals surface area contributed by atoms with Crippen LogP contribution in [0.5, 0.6) is 0 Å². The van der Waals surface area contributed by atoms with E-state index in [1.165, 1.54) is 0 Å². The predicted molar refractivity (Wildman–Crippen MR) is 70.6 cm³/mol. The maximum atomic E-state index is 5.93. The van der Waals surface area contributed by atoms with Crippen molar-refractivity contribution in [3.63, 3.8) is 0 Å². The molecular weight excluding hydrogens is 254 g/mol. The van der Waals surface area contributed by atoms with Gasteiger partial charge in [0.2, 0.25) is 5.89 Å². The number of nitrogens with zero attached hydrogens (tertiary/aromatic N) is 2. The third-order valence-electron chi connectivity index (χ3n) is 2.34. The van der Waals surface area contributed by atoms with Crippen LogP contribution in [0.3, 0.4) is 0 Å². The minimum absolute atomic E-state index is 0.173. The van der Waals surface area contributed by atoms with Crippen LogP contribution >= 0.6 is 11.8 Å². The molecule has 1 atom stereocenters. The van der Waals surface area contributed by atoms with Crippen molar-refractivity contribution in [3.05, 3.63) is 11.7 Å². The maximum absolute atomic E-state index is 5.93. The second kappa shape index (κ2) is 9.32. The highest BCUT2D eigenvalue weighted by Gasteiger charge is 2.14. The van der Waals surface area contributed by atoms with Gasteiger partial charge in [-0.1, -0.05) is 5.16 Å². The summed E-state index contributed by atoms with van der Waals surface area (Å²) in [5, 5.41) is 3.88. The highest BCUT2D eigenvalue weighted by atomic mass is 32.2. The number of hydrogen-bond acceptors (Lipinski definition) is 7. The van der Waals surface area contributed by atoms with Crippen LogP contribution in [-0.4, -0.2) is 49.1 Å². The molecule has 2 N–H and O–H groups in total. The molecule has 0 unspecified atom stereocenters. The van der Waals surface area contributed by atoms with Gasteiger partial charge < -0.3 is 19.7 Å². The van der Waals surface area contributed by atoms with E-state index in [0.29, 0.717) is 38.0 Å². The molecule has 0 aliphatic heterocycles. The zero-order valence-corrected chi connectivity index (χ0v) is 11.7. The molecule has 0 radical (unpaired) electrons. The molecule has 18 heavy (non-hydrogen) atoms. The molecule has 1 aromatic heterocycles. The highest BCUT2D eigenvalue weighted by molar-refractivity contribution is 7.98. The van der Waals surface area contributed by atoms with Gasteiger partial charge in [-0.2, -0.15) is 16.7 Å². The summed E-state index contributed by atoms with van der Waals surface area (Å²) in [4.78, 5) is 4.26. The van der Waals surface area contributed by atoms with Crippen LogP contribution in [0.15, 0.2) is 4.52 Å². The van der Waals surface area contributed by atoms with Gasteiger partial charge in [-0.25, -0.2) is 0 Å². The number of thioether (sulfide) groups is 1. The minimum atomic E-state index is -0.173. The van der Waals surface area contributed by atoms with Crippen LogP contribution in [0, 0.1) is 0 Å². The Morgan fingerprint density at radius 2 is 2.22 bits per heavy atom.